The van der Waals surface area contributed by atoms with E-state index in [-0.39, 0.29) is 18.3 Å². The molecule has 1 aromatic carbocycles. The number of carbonyl (C=O) groups is 1. The van der Waals surface area contributed by atoms with Crippen LogP contribution in [0.5, 0.6) is 0 Å². The first kappa shape index (κ1) is 23.6. The van der Waals surface area contributed by atoms with Crippen molar-refractivity contribution in [3.8, 4) is 0 Å². The number of halogens is 1. The van der Waals surface area contributed by atoms with Crippen LogP contribution < -0.4 is 10.2 Å². The van der Waals surface area contributed by atoms with Gasteiger partial charge in [0.05, 0.1) is 5.52 Å². The lowest BCUT2D eigenvalue weighted by Crippen LogP contribution is -2.46. The van der Waals surface area contributed by atoms with Gasteiger partial charge < -0.3 is 19.7 Å². The van der Waals surface area contributed by atoms with Crippen LogP contribution in [0, 0.1) is 13.8 Å². The second-order valence-corrected chi connectivity index (χ2v) is 9.07. The summed E-state index contributed by atoms with van der Waals surface area (Å²) >= 11 is 0. The minimum atomic E-state index is 0. The van der Waals surface area contributed by atoms with Gasteiger partial charge in [-0.2, -0.15) is 0 Å². The van der Waals surface area contributed by atoms with Gasteiger partial charge in [-0.1, -0.05) is 31.2 Å². The Morgan fingerprint density at radius 2 is 1.82 bits per heavy atom. The molecule has 33 heavy (non-hydrogen) atoms. The normalized spacial score (nSPS) is 16.0. The molecule has 1 N–H and O–H groups in total. The Labute approximate surface area is 202 Å². The lowest BCUT2D eigenvalue weighted by molar-refractivity contribution is 0.0730. The molecule has 0 unspecified atom stereocenters. The fourth-order valence-corrected chi connectivity index (χ4v) is 5.18. The first-order chi connectivity index (χ1) is 15.6. The number of piperazine rings is 1. The SMILES string of the molecule is CCCn1c(C)c(C)c2cc(C(=O)N3CCNCC3)nc(N3CCc4ccccc4C3)c21.Cl. The zero-order valence-electron chi connectivity index (χ0n) is 19.9. The molecule has 1 saturated heterocycles. The van der Waals surface area contributed by atoms with Gasteiger partial charge in [0.15, 0.2) is 5.82 Å². The summed E-state index contributed by atoms with van der Waals surface area (Å²) in [6.07, 6.45) is 2.07. The number of hydrogen-bond donors (Lipinski definition) is 1. The van der Waals surface area contributed by atoms with Crippen molar-refractivity contribution < 1.29 is 4.79 Å². The molecule has 6 nitrogen and oxygen atoms in total. The van der Waals surface area contributed by atoms with Crippen LogP contribution in [0.1, 0.15) is 46.2 Å². The summed E-state index contributed by atoms with van der Waals surface area (Å²) in [6.45, 7) is 12.5. The number of benzene rings is 1. The van der Waals surface area contributed by atoms with Gasteiger partial charge in [0.2, 0.25) is 0 Å². The van der Waals surface area contributed by atoms with E-state index in [4.69, 9.17) is 4.98 Å². The summed E-state index contributed by atoms with van der Waals surface area (Å²) < 4.78 is 2.41. The number of rotatable bonds is 4. The Kier molecular flexibility index (Phi) is 6.96. The van der Waals surface area contributed by atoms with Gasteiger partial charge in [0, 0.05) is 56.9 Å². The number of anilines is 1. The largest absolute Gasteiger partial charge is 0.350 e. The van der Waals surface area contributed by atoms with Crippen molar-refractivity contribution in [1.29, 1.82) is 0 Å². The number of aromatic nitrogens is 2. The van der Waals surface area contributed by atoms with Crippen LogP contribution in [-0.4, -0.2) is 53.1 Å². The molecule has 4 heterocycles. The Morgan fingerprint density at radius 3 is 2.55 bits per heavy atom. The highest BCUT2D eigenvalue weighted by Crippen LogP contribution is 2.35. The van der Waals surface area contributed by atoms with Crippen molar-refractivity contribution in [2.45, 2.75) is 46.7 Å². The Bertz CT molecular complexity index is 1170. The van der Waals surface area contributed by atoms with Crippen LogP contribution in [-0.2, 0) is 19.5 Å². The molecule has 3 aromatic rings. The average molecular weight is 468 g/mol. The van der Waals surface area contributed by atoms with Crippen molar-refractivity contribution in [2.75, 3.05) is 37.6 Å². The van der Waals surface area contributed by atoms with E-state index in [0.29, 0.717) is 5.69 Å². The second kappa shape index (κ2) is 9.74. The highest BCUT2D eigenvalue weighted by molar-refractivity contribution is 6.01. The van der Waals surface area contributed by atoms with Gasteiger partial charge in [0.1, 0.15) is 5.69 Å². The molecule has 0 aliphatic carbocycles. The number of pyridine rings is 1. The summed E-state index contributed by atoms with van der Waals surface area (Å²) in [5.74, 6) is 1.01. The molecule has 0 spiro atoms. The van der Waals surface area contributed by atoms with Crippen molar-refractivity contribution in [1.82, 2.24) is 19.8 Å². The average Bonchev–Trinajstić information content (AvgIpc) is 3.08. The molecular weight excluding hydrogens is 434 g/mol. The van der Waals surface area contributed by atoms with E-state index in [1.807, 2.05) is 11.0 Å². The molecule has 176 valence electrons. The highest BCUT2D eigenvalue weighted by atomic mass is 35.5. The third kappa shape index (κ3) is 4.22. The molecule has 5 rings (SSSR count). The van der Waals surface area contributed by atoms with E-state index < -0.39 is 0 Å². The van der Waals surface area contributed by atoms with Gasteiger partial charge in [-0.25, -0.2) is 4.98 Å². The van der Waals surface area contributed by atoms with Crippen molar-refractivity contribution in [2.24, 2.45) is 0 Å². The predicted octanol–water partition coefficient (Wildman–Crippen LogP) is 4.09. The summed E-state index contributed by atoms with van der Waals surface area (Å²) in [7, 11) is 0. The first-order valence-corrected chi connectivity index (χ1v) is 11.9. The molecule has 0 saturated carbocycles. The minimum absolute atomic E-state index is 0. The summed E-state index contributed by atoms with van der Waals surface area (Å²) in [5.41, 5.74) is 7.06. The van der Waals surface area contributed by atoms with Crippen molar-refractivity contribution >= 4 is 35.0 Å². The van der Waals surface area contributed by atoms with Crippen LogP contribution in [0.25, 0.3) is 10.9 Å². The molecule has 2 aliphatic heterocycles. The first-order valence-electron chi connectivity index (χ1n) is 11.9. The smallest absolute Gasteiger partial charge is 0.272 e. The number of amides is 1. The third-order valence-corrected chi connectivity index (χ3v) is 7.10. The van der Waals surface area contributed by atoms with Gasteiger partial charge in [-0.15, -0.1) is 12.4 Å². The molecule has 0 radical (unpaired) electrons. The number of carbonyl (C=O) groups excluding carboxylic acids is 1. The van der Waals surface area contributed by atoms with Crippen LogP contribution in [0.15, 0.2) is 30.3 Å². The summed E-state index contributed by atoms with van der Waals surface area (Å²) in [6, 6.07) is 10.7. The molecule has 1 fully saturated rings. The van der Waals surface area contributed by atoms with Gasteiger partial charge in [-0.05, 0) is 49.4 Å². The standard InChI is InChI=1S/C26H33N5O.ClH/c1-4-12-31-19(3)18(2)22-16-23(26(32)29-14-10-27-11-15-29)28-25(24(22)31)30-13-9-20-7-5-6-8-21(20)17-30;/h5-8,16,27H,4,9-15,17H2,1-3H3;1H. The zero-order chi connectivity index (χ0) is 22.2. The molecule has 1 amide bonds. The van der Waals surface area contributed by atoms with Gasteiger partial charge in [-0.3, -0.25) is 4.79 Å². The number of aryl methyl sites for hydroxylation is 2. The summed E-state index contributed by atoms with van der Waals surface area (Å²) in [4.78, 5) is 22.8. The van der Waals surface area contributed by atoms with E-state index >= 15 is 0 Å². The van der Waals surface area contributed by atoms with E-state index in [2.05, 4.69) is 59.8 Å². The predicted molar refractivity (Wildman–Crippen MR) is 137 cm³/mol. The van der Waals surface area contributed by atoms with Crippen molar-refractivity contribution in [3.63, 3.8) is 0 Å². The molecule has 2 aromatic heterocycles. The molecular formula is C26H34ClN5O. The molecule has 7 heteroatoms. The van der Waals surface area contributed by atoms with Crippen LogP contribution in [0.3, 0.4) is 0 Å². The topological polar surface area (TPSA) is 53.4 Å². The molecule has 2 aliphatic rings. The van der Waals surface area contributed by atoms with E-state index in [1.165, 1.54) is 33.3 Å². The van der Waals surface area contributed by atoms with Gasteiger partial charge >= 0.3 is 0 Å². The fourth-order valence-electron chi connectivity index (χ4n) is 5.18. The number of fused-ring (bicyclic) bond motifs is 2. The zero-order valence-corrected chi connectivity index (χ0v) is 20.7. The summed E-state index contributed by atoms with van der Waals surface area (Å²) in [5, 5.41) is 4.50. The maximum absolute atomic E-state index is 13.4. The fraction of sp³-hybridized carbons (Fsp3) is 0.462. The monoisotopic (exact) mass is 467 g/mol. The minimum Gasteiger partial charge on any atom is -0.350 e. The Balaban J connectivity index is 0.00000259. The van der Waals surface area contributed by atoms with Crippen LogP contribution in [0.2, 0.25) is 0 Å². The van der Waals surface area contributed by atoms with Crippen LogP contribution in [0.4, 0.5) is 5.82 Å². The maximum Gasteiger partial charge on any atom is 0.272 e. The van der Waals surface area contributed by atoms with E-state index in [0.717, 1.165) is 64.5 Å². The van der Waals surface area contributed by atoms with Gasteiger partial charge in [0.25, 0.3) is 5.91 Å². The second-order valence-electron chi connectivity index (χ2n) is 9.07. The number of nitrogens with one attached hydrogen (secondary N) is 1. The lowest BCUT2D eigenvalue weighted by Gasteiger charge is -2.31. The highest BCUT2D eigenvalue weighted by Gasteiger charge is 2.27. The Hall–Kier alpha value is -2.57. The molecule has 0 atom stereocenters. The lowest BCUT2D eigenvalue weighted by atomic mass is 10.00. The third-order valence-electron chi connectivity index (χ3n) is 7.10. The van der Waals surface area contributed by atoms with Crippen LogP contribution >= 0.6 is 12.4 Å². The van der Waals surface area contributed by atoms with Crippen molar-refractivity contribution in [3.05, 3.63) is 58.4 Å². The number of hydrogen-bond acceptors (Lipinski definition) is 4. The molecule has 0 bridgehead atoms. The number of nitrogens with zero attached hydrogens (tertiary/aromatic N) is 4. The van der Waals surface area contributed by atoms with E-state index in [9.17, 15) is 4.79 Å². The maximum atomic E-state index is 13.4. The quantitative estimate of drug-likeness (QED) is 0.627. The van der Waals surface area contributed by atoms with E-state index in [1.54, 1.807) is 0 Å². The Morgan fingerprint density at radius 1 is 1.09 bits per heavy atom.